The second kappa shape index (κ2) is 7.52. The topological polar surface area (TPSA) is 51.2 Å². The molecule has 6 nitrogen and oxygen atoms in total. The Morgan fingerprint density at radius 3 is 2.20 bits per heavy atom. The van der Waals surface area contributed by atoms with Crippen molar-refractivity contribution < 1.29 is 19.0 Å². The van der Waals surface area contributed by atoms with Crippen molar-refractivity contribution in [2.24, 2.45) is 11.8 Å². The number of nitrogens with zero attached hydrogens (tertiary/aromatic N) is 2. The summed E-state index contributed by atoms with van der Waals surface area (Å²) in [6, 6.07) is 3.93. The highest BCUT2D eigenvalue weighted by molar-refractivity contribution is 5.81. The first-order valence-electron chi connectivity index (χ1n) is 8.88. The number of piperazine rings is 1. The highest BCUT2D eigenvalue weighted by Crippen LogP contribution is 2.41. The molecule has 2 atom stereocenters. The SMILES string of the molecule is COc1ccc(CN2CCN(C(=O)[C@@H]3C[C@@H]3C)CC2)c(OC)c1OC. The molecule has 3 rings (SSSR count). The van der Waals surface area contributed by atoms with Gasteiger partial charge in [-0.2, -0.15) is 0 Å². The van der Waals surface area contributed by atoms with Crippen molar-refractivity contribution in [3.63, 3.8) is 0 Å². The Hall–Kier alpha value is -1.95. The summed E-state index contributed by atoms with van der Waals surface area (Å²) in [5.41, 5.74) is 1.07. The van der Waals surface area contributed by atoms with Crippen LogP contribution in [-0.2, 0) is 11.3 Å². The number of carbonyl (C=O) groups excluding carboxylic acids is 1. The van der Waals surface area contributed by atoms with Crippen LogP contribution in [0.5, 0.6) is 17.2 Å². The van der Waals surface area contributed by atoms with Crippen molar-refractivity contribution in [1.29, 1.82) is 0 Å². The predicted octanol–water partition coefficient (Wildman–Crippen LogP) is 2.01. The molecule has 1 aromatic carbocycles. The summed E-state index contributed by atoms with van der Waals surface area (Å²) in [4.78, 5) is 16.7. The minimum Gasteiger partial charge on any atom is -0.493 e. The Morgan fingerprint density at radius 1 is 1.04 bits per heavy atom. The molecule has 0 radical (unpaired) electrons. The molecule has 0 aromatic heterocycles. The van der Waals surface area contributed by atoms with E-state index in [1.807, 2.05) is 17.0 Å². The zero-order valence-corrected chi connectivity index (χ0v) is 15.6. The summed E-state index contributed by atoms with van der Waals surface area (Å²) in [7, 11) is 4.88. The number of methoxy groups -OCH3 is 3. The molecule has 0 bridgehead atoms. The van der Waals surface area contributed by atoms with E-state index in [0.717, 1.165) is 44.7 Å². The van der Waals surface area contributed by atoms with Crippen LogP contribution in [0.25, 0.3) is 0 Å². The summed E-state index contributed by atoms with van der Waals surface area (Å²) in [6.45, 7) is 6.29. The van der Waals surface area contributed by atoms with Crippen LogP contribution in [0.2, 0.25) is 0 Å². The third kappa shape index (κ3) is 3.68. The van der Waals surface area contributed by atoms with E-state index in [0.29, 0.717) is 29.1 Å². The third-order valence-electron chi connectivity index (χ3n) is 5.29. The van der Waals surface area contributed by atoms with Crippen LogP contribution in [0.4, 0.5) is 0 Å². The van der Waals surface area contributed by atoms with Gasteiger partial charge in [0.15, 0.2) is 11.5 Å². The van der Waals surface area contributed by atoms with Gasteiger partial charge >= 0.3 is 0 Å². The Balaban J connectivity index is 1.63. The molecular formula is C19H28N2O4. The van der Waals surface area contributed by atoms with Gasteiger partial charge in [0, 0.05) is 44.2 Å². The Bertz CT molecular complexity index is 626. The van der Waals surface area contributed by atoms with E-state index in [2.05, 4.69) is 11.8 Å². The van der Waals surface area contributed by atoms with Crippen molar-refractivity contribution in [2.75, 3.05) is 47.5 Å². The second-order valence-electron chi connectivity index (χ2n) is 6.91. The second-order valence-corrected chi connectivity index (χ2v) is 6.91. The maximum atomic E-state index is 12.3. The number of rotatable bonds is 6. The Labute approximate surface area is 149 Å². The molecule has 1 saturated heterocycles. The van der Waals surface area contributed by atoms with Crippen LogP contribution in [-0.4, -0.2) is 63.2 Å². The van der Waals surface area contributed by atoms with E-state index in [4.69, 9.17) is 14.2 Å². The lowest BCUT2D eigenvalue weighted by molar-refractivity contribution is -0.134. The molecule has 25 heavy (non-hydrogen) atoms. The summed E-state index contributed by atoms with van der Waals surface area (Å²) in [5, 5.41) is 0. The van der Waals surface area contributed by atoms with Gasteiger partial charge in [0.25, 0.3) is 0 Å². The maximum Gasteiger partial charge on any atom is 0.226 e. The quantitative estimate of drug-likeness (QED) is 0.787. The number of carbonyl (C=O) groups is 1. The molecule has 138 valence electrons. The Kier molecular flexibility index (Phi) is 5.37. The Morgan fingerprint density at radius 2 is 1.68 bits per heavy atom. The lowest BCUT2D eigenvalue weighted by atomic mass is 10.1. The fourth-order valence-corrected chi connectivity index (χ4v) is 3.56. The number of amides is 1. The smallest absolute Gasteiger partial charge is 0.226 e. The predicted molar refractivity (Wildman–Crippen MR) is 95.2 cm³/mol. The molecule has 0 unspecified atom stereocenters. The van der Waals surface area contributed by atoms with Gasteiger partial charge in [-0.15, -0.1) is 0 Å². The average molecular weight is 348 g/mol. The van der Waals surface area contributed by atoms with Gasteiger partial charge in [0.2, 0.25) is 11.7 Å². The molecule has 0 N–H and O–H groups in total. The number of hydrogen-bond donors (Lipinski definition) is 0. The normalized spacial score (nSPS) is 23.3. The summed E-state index contributed by atoms with van der Waals surface area (Å²) >= 11 is 0. The van der Waals surface area contributed by atoms with Crippen LogP contribution in [0, 0.1) is 11.8 Å². The van der Waals surface area contributed by atoms with E-state index >= 15 is 0 Å². The van der Waals surface area contributed by atoms with E-state index in [-0.39, 0.29) is 5.92 Å². The summed E-state index contributed by atoms with van der Waals surface area (Å²) in [6.07, 6.45) is 1.06. The fourth-order valence-electron chi connectivity index (χ4n) is 3.56. The van der Waals surface area contributed by atoms with Gasteiger partial charge < -0.3 is 19.1 Å². The summed E-state index contributed by atoms with van der Waals surface area (Å²) in [5.74, 6) is 3.19. The first kappa shape index (κ1) is 17.9. The minimum atomic E-state index is 0.275. The largest absolute Gasteiger partial charge is 0.493 e. The molecule has 1 aromatic rings. The van der Waals surface area contributed by atoms with Gasteiger partial charge in [-0.25, -0.2) is 0 Å². The highest BCUT2D eigenvalue weighted by Gasteiger charge is 2.41. The molecule has 2 aliphatic rings. The van der Waals surface area contributed by atoms with Gasteiger partial charge in [0.1, 0.15) is 0 Å². The van der Waals surface area contributed by atoms with Gasteiger partial charge in [0.05, 0.1) is 21.3 Å². The number of benzene rings is 1. The first-order valence-corrected chi connectivity index (χ1v) is 8.88. The van der Waals surface area contributed by atoms with E-state index in [1.54, 1.807) is 21.3 Å². The van der Waals surface area contributed by atoms with Crippen LogP contribution >= 0.6 is 0 Å². The molecule has 1 saturated carbocycles. The lowest BCUT2D eigenvalue weighted by Crippen LogP contribution is -2.48. The van der Waals surface area contributed by atoms with E-state index in [9.17, 15) is 4.79 Å². The van der Waals surface area contributed by atoms with Crippen molar-refractivity contribution in [1.82, 2.24) is 9.80 Å². The lowest BCUT2D eigenvalue weighted by Gasteiger charge is -2.35. The van der Waals surface area contributed by atoms with Gasteiger partial charge in [-0.3, -0.25) is 9.69 Å². The van der Waals surface area contributed by atoms with Crippen LogP contribution in [0.1, 0.15) is 18.9 Å². The zero-order chi connectivity index (χ0) is 18.0. The van der Waals surface area contributed by atoms with Crippen LogP contribution in [0.3, 0.4) is 0 Å². The van der Waals surface area contributed by atoms with E-state index in [1.165, 1.54) is 0 Å². The van der Waals surface area contributed by atoms with Gasteiger partial charge in [-0.1, -0.05) is 13.0 Å². The standard InChI is InChI=1S/C19H28N2O4/c1-13-11-15(13)19(22)21-9-7-20(8-10-21)12-14-5-6-16(23-2)18(25-4)17(14)24-3/h5-6,13,15H,7-12H2,1-4H3/t13-,15+/m0/s1. The third-order valence-corrected chi connectivity index (χ3v) is 5.29. The molecule has 1 heterocycles. The molecule has 1 amide bonds. The minimum absolute atomic E-state index is 0.275. The molecule has 0 spiro atoms. The fraction of sp³-hybridized carbons (Fsp3) is 0.632. The molecular weight excluding hydrogens is 320 g/mol. The van der Waals surface area contributed by atoms with Crippen LogP contribution in [0.15, 0.2) is 12.1 Å². The van der Waals surface area contributed by atoms with Gasteiger partial charge in [-0.05, 0) is 18.4 Å². The monoisotopic (exact) mass is 348 g/mol. The molecule has 1 aliphatic carbocycles. The van der Waals surface area contributed by atoms with Crippen molar-refractivity contribution in [3.8, 4) is 17.2 Å². The average Bonchev–Trinajstić information content (AvgIpc) is 3.37. The van der Waals surface area contributed by atoms with Crippen molar-refractivity contribution in [2.45, 2.75) is 19.9 Å². The molecule has 1 aliphatic heterocycles. The first-order chi connectivity index (χ1) is 12.1. The van der Waals surface area contributed by atoms with Crippen molar-refractivity contribution in [3.05, 3.63) is 17.7 Å². The van der Waals surface area contributed by atoms with Crippen LogP contribution < -0.4 is 14.2 Å². The molecule has 6 heteroatoms. The number of ether oxygens (including phenoxy) is 3. The summed E-state index contributed by atoms with van der Waals surface area (Å²) < 4.78 is 16.4. The zero-order valence-electron chi connectivity index (χ0n) is 15.6. The maximum absolute atomic E-state index is 12.3. The van der Waals surface area contributed by atoms with E-state index < -0.39 is 0 Å². The van der Waals surface area contributed by atoms with Crippen molar-refractivity contribution >= 4 is 5.91 Å². The highest BCUT2D eigenvalue weighted by atomic mass is 16.5. The number of hydrogen-bond acceptors (Lipinski definition) is 5. The molecule has 2 fully saturated rings.